The van der Waals surface area contributed by atoms with Crippen molar-refractivity contribution in [3.63, 3.8) is 0 Å². The summed E-state index contributed by atoms with van der Waals surface area (Å²) < 4.78 is 24.3. The van der Waals surface area contributed by atoms with E-state index in [1.54, 1.807) is 12.3 Å². The molecule has 0 spiro atoms. The third-order valence-electron chi connectivity index (χ3n) is 7.52. The average molecular weight is 515 g/mol. The largest absolute Gasteiger partial charge is 0.508 e. The summed E-state index contributed by atoms with van der Waals surface area (Å²) in [5.41, 5.74) is 7.76. The lowest BCUT2D eigenvalue weighted by atomic mass is 9.87. The summed E-state index contributed by atoms with van der Waals surface area (Å²) in [5, 5.41) is 15.1. The molecule has 0 bridgehead atoms. The maximum atomic E-state index is 12.5. The van der Waals surface area contributed by atoms with Gasteiger partial charge in [0, 0.05) is 25.0 Å². The van der Waals surface area contributed by atoms with Crippen LogP contribution in [0.15, 0.2) is 71.4 Å². The summed E-state index contributed by atoms with van der Waals surface area (Å²) in [6, 6.07) is 20.4. The quantitative estimate of drug-likeness (QED) is 0.281. The van der Waals surface area contributed by atoms with Gasteiger partial charge >= 0.3 is 0 Å². The molecule has 0 saturated carbocycles. The fraction of sp³-hybridized carbons (Fsp3) is 0.344. The highest BCUT2D eigenvalue weighted by Gasteiger charge is 2.24. The van der Waals surface area contributed by atoms with E-state index in [2.05, 4.69) is 52.5 Å². The smallest absolute Gasteiger partial charge is 0.167 e. The Labute approximate surface area is 223 Å². The van der Waals surface area contributed by atoms with Crippen molar-refractivity contribution < 1.29 is 18.8 Å². The molecule has 0 radical (unpaired) electrons. The molecule has 1 aliphatic heterocycles. The van der Waals surface area contributed by atoms with E-state index in [9.17, 15) is 9.50 Å². The van der Waals surface area contributed by atoms with Crippen LogP contribution in [0.1, 0.15) is 55.4 Å². The van der Waals surface area contributed by atoms with Crippen LogP contribution in [-0.2, 0) is 6.42 Å². The molecular weight excluding hydrogens is 479 g/mol. The molecule has 1 fully saturated rings. The maximum Gasteiger partial charge on any atom is 0.167 e. The molecule has 4 aromatic rings. The number of aromatic hydroxyl groups is 1. The Morgan fingerprint density at radius 3 is 2.71 bits per heavy atom. The van der Waals surface area contributed by atoms with Crippen molar-refractivity contribution in [3.05, 3.63) is 89.1 Å². The summed E-state index contributed by atoms with van der Waals surface area (Å²) in [6.45, 7) is 2.33. The van der Waals surface area contributed by atoms with Gasteiger partial charge in [0.05, 0.1) is 12.9 Å². The summed E-state index contributed by atoms with van der Waals surface area (Å²) >= 11 is 0. The van der Waals surface area contributed by atoms with E-state index in [4.69, 9.17) is 9.26 Å². The zero-order valence-electron chi connectivity index (χ0n) is 20.8. The van der Waals surface area contributed by atoms with Crippen LogP contribution in [0.4, 0.5) is 4.39 Å². The Morgan fingerprint density at radius 2 is 1.87 bits per heavy atom. The first kappa shape index (κ1) is 26.0. The van der Waals surface area contributed by atoms with Crippen LogP contribution in [0.3, 0.4) is 0 Å². The fourth-order valence-corrected chi connectivity index (χ4v) is 5.71. The minimum absolute atomic E-state index is 0. The highest BCUT2D eigenvalue weighted by atomic mass is 19.1. The highest BCUT2D eigenvalue weighted by Crippen LogP contribution is 2.41. The number of rotatable bonds is 7. The molecule has 2 heterocycles. The molecular formula is C32H35FN2O3. The van der Waals surface area contributed by atoms with E-state index in [0.717, 1.165) is 84.3 Å². The van der Waals surface area contributed by atoms with Crippen molar-refractivity contribution in [2.24, 2.45) is 0 Å². The van der Waals surface area contributed by atoms with Crippen LogP contribution in [0.5, 0.6) is 11.5 Å². The second kappa shape index (κ2) is 11.4. The Bertz CT molecular complexity index is 1430. The van der Waals surface area contributed by atoms with Crippen molar-refractivity contribution in [2.45, 2.75) is 45.6 Å². The predicted molar refractivity (Wildman–Crippen MR) is 150 cm³/mol. The number of halogens is 1. The normalized spacial score (nSPS) is 17.8. The molecule has 1 N–H and O–H groups in total. The summed E-state index contributed by atoms with van der Waals surface area (Å²) in [6.07, 6.45) is 6.23. The number of alkyl halides is 1. The van der Waals surface area contributed by atoms with Gasteiger partial charge in [0.25, 0.3) is 0 Å². The molecule has 0 unspecified atom stereocenters. The molecule has 1 aliphatic carbocycles. The van der Waals surface area contributed by atoms with E-state index >= 15 is 0 Å². The molecule has 198 valence electrons. The van der Waals surface area contributed by atoms with Gasteiger partial charge in [-0.15, -0.1) is 0 Å². The lowest BCUT2D eigenvalue weighted by Crippen LogP contribution is -2.26. The molecule has 5 nitrogen and oxygen atoms in total. The second-order valence-corrected chi connectivity index (χ2v) is 10.0. The second-order valence-electron chi connectivity index (χ2n) is 10.0. The van der Waals surface area contributed by atoms with Crippen molar-refractivity contribution in [3.8, 4) is 11.5 Å². The number of phenolic OH excluding ortho intramolecular Hbond substituents is 1. The van der Waals surface area contributed by atoms with Gasteiger partial charge in [-0.25, -0.2) is 0 Å². The topological polar surface area (TPSA) is 58.7 Å². The minimum Gasteiger partial charge on any atom is -0.508 e. The first-order chi connectivity index (χ1) is 18.2. The van der Waals surface area contributed by atoms with Gasteiger partial charge in [-0.05, 0) is 102 Å². The van der Waals surface area contributed by atoms with Crippen molar-refractivity contribution in [2.75, 3.05) is 26.3 Å². The number of hydrogen-bond acceptors (Lipinski definition) is 5. The summed E-state index contributed by atoms with van der Waals surface area (Å²) in [5.74, 6) is 1.15. The van der Waals surface area contributed by atoms with E-state index in [-0.39, 0.29) is 20.2 Å². The third kappa shape index (κ3) is 5.32. The Morgan fingerprint density at radius 1 is 1.03 bits per heavy atom. The predicted octanol–water partition coefficient (Wildman–Crippen LogP) is 7.28. The lowest BCUT2D eigenvalue weighted by molar-refractivity contribution is 0.198. The van der Waals surface area contributed by atoms with Gasteiger partial charge in [-0.1, -0.05) is 36.8 Å². The molecule has 3 aromatic carbocycles. The van der Waals surface area contributed by atoms with Gasteiger partial charge in [0.2, 0.25) is 0 Å². The first-order valence-electron chi connectivity index (χ1n) is 13.1. The number of phenols is 1. The van der Waals surface area contributed by atoms with Crippen LogP contribution in [-0.4, -0.2) is 47.6 Å². The Kier molecular flexibility index (Phi) is 7.79. The number of ether oxygens (including phenoxy) is 1. The lowest BCUT2D eigenvalue weighted by Gasteiger charge is -2.18. The summed E-state index contributed by atoms with van der Waals surface area (Å²) in [4.78, 5) is 2.28. The standard InChI is InChI=1S/C31H31FN2O3.CH4/c32-14-2-15-34-16-13-27(20-34)36-26-10-7-21(8-11-26)31-28(23-5-6-24-19-33-37-30(24)18-23)4-1-3-22-17-25(35)9-12-29(22)31;/h5-12,17-19,27,35H,1-4,13-16,20H2;1H4/t27-;/m0./s1. The van der Waals surface area contributed by atoms with Crippen LogP contribution in [0.25, 0.3) is 22.1 Å². The first-order valence-corrected chi connectivity index (χ1v) is 13.1. The number of likely N-dealkylation sites (tertiary alicyclic amines) is 1. The monoisotopic (exact) mass is 514 g/mol. The molecule has 1 saturated heterocycles. The van der Waals surface area contributed by atoms with E-state index < -0.39 is 0 Å². The number of nitrogens with zero attached hydrogens (tertiary/aromatic N) is 2. The number of allylic oxidation sites excluding steroid dienone is 1. The van der Waals surface area contributed by atoms with Gasteiger partial charge < -0.3 is 14.4 Å². The van der Waals surface area contributed by atoms with Crippen LogP contribution in [0.2, 0.25) is 0 Å². The van der Waals surface area contributed by atoms with Gasteiger partial charge in [0.1, 0.15) is 17.6 Å². The van der Waals surface area contributed by atoms with Gasteiger partial charge in [-0.3, -0.25) is 9.29 Å². The van der Waals surface area contributed by atoms with Gasteiger partial charge in [0.15, 0.2) is 5.58 Å². The molecule has 6 heteroatoms. The minimum atomic E-state index is -0.268. The number of aromatic nitrogens is 1. The maximum absolute atomic E-state index is 12.5. The fourth-order valence-electron chi connectivity index (χ4n) is 5.71. The zero-order valence-corrected chi connectivity index (χ0v) is 20.8. The Balaban J connectivity index is 0.00000294. The number of benzene rings is 3. The van der Waals surface area contributed by atoms with Crippen molar-refractivity contribution in [1.82, 2.24) is 10.1 Å². The molecule has 1 atom stereocenters. The zero-order chi connectivity index (χ0) is 25.2. The highest BCUT2D eigenvalue weighted by molar-refractivity contribution is 6.01. The van der Waals surface area contributed by atoms with E-state index in [1.807, 2.05) is 12.1 Å². The SMILES string of the molecule is C.Oc1ccc2c(c1)CCCC(c1ccc3cnoc3c1)=C2c1ccc(O[C@H]2CCN(CCCF)C2)cc1. The molecule has 1 aromatic heterocycles. The third-order valence-corrected chi connectivity index (χ3v) is 7.52. The number of fused-ring (bicyclic) bond motifs is 2. The Hall–Kier alpha value is -3.64. The van der Waals surface area contributed by atoms with Crippen LogP contribution in [0, 0.1) is 0 Å². The summed E-state index contributed by atoms with van der Waals surface area (Å²) in [7, 11) is 0. The average Bonchev–Trinajstić information content (AvgIpc) is 3.53. The number of hydrogen-bond donors (Lipinski definition) is 1. The van der Waals surface area contributed by atoms with Crippen molar-refractivity contribution in [1.29, 1.82) is 0 Å². The molecule has 2 aliphatic rings. The van der Waals surface area contributed by atoms with Crippen LogP contribution >= 0.6 is 0 Å². The van der Waals surface area contributed by atoms with Crippen LogP contribution < -0.4 is 4.74 Å². The van der Waals surface area contributed by atoms with Gasteiger partial charge in [-0.2, -0.15) is 0 Å². The molecule has 0 amide bonds. The van der Waals surface area contributed by atoms with Crippen molar-refractivity contribution >= 4 is 22.1 Å². The molecule has 38 heavy (non-hydrogen) atoms. The molecule has 6 rings (SSSR count). The van der Waals surface area contributed by atoms with E-state index in [1.165, 1.54) is 11.1 Å². The number of aryl methyl sites for hydroxylation is 1. The van der Waals surface area contributed by atoms with E-state index in [0.29, 0.717) is 12.2 Å².